The SMILES string of the molecule is COc1cccc(/C=N\n2cnc3c(cnn3-c3ccccc3)c2=O)c1. The Morgan fingerprint density at radius 3 is 2.77 bits per heavy atom. The van der Waals surface area contributed by atoms with Crippen LogP contribution in [-0.4, -0.2) is 32.8 Å². The van der Waals surface area contributed by atoms with Gasteiger partial charge in [-0.15, -0.1) is 0 Å². The smallest absolute Gasteiger partial charge is 0.285 e. The third-order valence-corrected chi connectivity index (χ3v) is 3.90. The van der Waals surface area contributed by atoms with E-state index in [2.05, 4.69) is 15.2 Å². The van der Waals surface area contributed by atoms with Crippen molar-refractivity contribution >= 4 is 17.2 Å². The fraction of sp³-hybridized carbons (Fsp3) is 0.0526. The molecule has 7 nitrogen and oxygen atoms in total. The van der Waals surface area contributed by atoms with E-state index in [0.29, 0.717) is 11.0 Å². The van der Waals surface area contributed by atoms with Crippen LogP contribution in [0.4, 0.5) is 0 Å². The van der Waals surface area contributed by atoms with Crippen molar-refractivity contribution in [3.05, 3.63) is 83.0 Å². The monoisotopic (exact) mass is 345 g/mol. The molecule has 2 heterocycles. The maximum atomic E-state index is 12.6. The Bertz CT molecular complexity index is 1150. The van der Waals surface area contributed by atoms with Crippen LogP contribution < -0.4 is 10.3 Å². The molecule has 0 saturated heterocycles. The molecule has 0 fully saturated rings. The lowest BCUT2D eigenvalue weighted by molar-refractivity contribution is 0.414. The lowest BCUT2D eigenvalue weighted by atomic mass is 10.2. The summed E-state index contributed by atoms with van der Waals surface area (Å²) in [6, 6.07) is 16.9. The number of aromatic nitrogens is 4. The molecule has 0 atom stereocenters. The van der Waals surface area contributed by atoms with Crippen molar-refractivity contribution in [1.82, 2.24) is 19.4 Å². The highest BCUT2D eigenvalue weighted by Crippen LogP contribution is 2.13. The first-order valence-corrected chi connectivity index (χ1v) is 7.95. The van der Waals surface area contributed by atoms with E-state index in [4.69, 9.17) is 4.74 Å². The fourth-order valence-electron chi connectivity index (χ4n) is 2.59. The first-order valence-electron chi connectivity index (χ1n) is 7.95. The maximum Gasteiger partial charge on any atom is 0.285 e. The van der Waals surface area contributed by atoms with Gasteiger partial charge in [-0.3, -0.25) is 4.79 Å². The van der Waals surface area contributed by atoms with Gasteiger partial charge >= 0.3 is 0 Å². The topological polar surface area (TPSA) is 74.3 Å². The van der Waals surface area contributed by atoms with Gasteiger partial charge in [0.2, 0.25) is 0 Å². The van der Waals surface area contributed by atoms with Crippen LogP contribution in [0.1, 0.15) is 5.56 Å². The number of benzene rings is 2. The van der Waals surface area contributed by atoms with Crippen LogP contribution in [0, 0.1) is 0 Å². The van der Waals surface area contributed by atoms with Crippen LogP contribution in [0.3, 0.4) is 0 Å². The number of para-hydroxylation sites is 1. The van der Waals surface area contributed by atoms with Crippen molar-refractivity contribution < 1.29 is 4.74 Å². The van der Waals surface area contributed by atoms with Gasteiger partial charge in [0.1, 0.15) is 17.5 Å². The Hall–Kier alpha value is -3.74. The summed E-state index contributed by atoms with van der Waals surface area (Å²) in [5.41, 5.74) is 1.87. The van der Waals surface area contributed by atoms with Gasteiger partial charge in [-0.1, -0.05) is 30.3 Å². The van der Waals surface area contributed by atoms with E-state index in [1.54, 1.807) is 18.0 Å². The molecular formula is C19H15N5O2. The molecule has 128 valence electrons. The summed E-state index contributed by atoms with van der Waals surface area (Å²) in [6.45, 7) is 0. The molecule has 0 aliphatic rings. The number of fused-ring (bicyclic) bond motifs is 1. The van der Waals surface area contributed by atoms with Crippen LogP contribution in [0.25, 0.3) is 16.7 Å². The zero-order chi connectivity index (χ0) is 17.9. The molecule has 4 rings (SSSR count). The third-order valence-electron chi connectivity index (χ3n) is 3.90. The lowest BCUT2D eigenvalue weighted by Crippen LogP contribution is -2.17. The van der Waals surface area contributed by atoms with E-state index in [1.165, 1.54) is 17.2 Å². The second-order valence-corrected chi connectivity index (χ2v) is 5.54. The third kappa shape index (κ3) is 2.86. The van der Waals surface area contributed by atoms with Gasteiger partial charge in [0.25, 0.3) is 5.56 Å². The molecule has 0 bridgehead atoms. The molecule has 0 saturated carbocycles. The van der Waals surface area contributed by atoms with E-state index in [9.17, 15) is 4.79 Å². The molecule has 2 aromatic carbocycles. The predicted molar refractivity (Wildman–Crippen MR) is 99.1 cm³/mol. The van der Waals surface area contributed by atoms with Crippen LogP contribution >= 0.6 is 0 Å². The Kier molecular flexibility index (Phi) is 4.03. The molecule has 0 spiro atoms. The number of rotatable bonds is 4. The highest BCUT2D eigenvalue weighted by atomic mass is 16.5. The summed E-state index contributed by atoms with van der Waals surface area (Å²) >= 11 is 0. The second-order valence-electron chi connectivity index (χ2n) is 5.54. The molecule has 0 unspecified atom stereocenters. The molecule has 2 aromatic heterocycles. The van der Waals surface area contributed by atoms with E-state index in [1.807, 2.05) is 54.6 Å². The number of ether oxygens (including phenoxy) is 1. The minimum atomic E-state index is -0.281. The number of hydrogen-bond donors (Lipinski definition) is 0. The predicted octanol–water partition coefficient (Wildman–Crippen LogP) is 2.47. The summed E-state index contributed by atoms with van der Waals surface area (Å²) in [6.07, 6.45) is 4.48. The zero-order valence-electron chi connectivity index (χ0n) is 14.0. The number of hydrogen-bond acceptors (Lipinski definition) is 5. The van der Waals surface area contributed by atoms with Crippen LogP contribution in [-0.2, 0) is 0 Å². The maximum absolute atomic E-state index is 12.6. The van der Waals surface area contributed by atoms with E-state index in [-0.39, 0.29) is 5.56 Å². The summed E-state index contributed by atoms with van der Waals surface area (Å²) in [4.78, 5) is 17.0. The van der Waals surface area contributed by atoms with E-state index < -0.39 is 0 Å². The Morgan fingerprint density at radius 1 is 1.12 bits per heavy atom. The van der Waals surface area contributed by atoms with Crippen LogP contribution in [0.5, 0.6) is 5.75 Å². The summed E-state index contributed by atoms with van der Waals surface area (Å²) in [5, 5.41) is 8.89. The zero-order valence-corrected chi connectivity index (χ0v) is 14.0. The van der Waals surface area contributed by atoms with Crippen LogP contribution in [0.2, 0.25) is 0 Å². The Labute approximate surface area is 148 Å². The normalized spacial score (nSPS) is 11.3. The minimum absolute atomic E-state index is 0.281. The molecule has 7 heteroatoms. The van der Waals surface area contributed by atoms with Crippen LogP contribution in [0.15, 0.2) is 77.0 Å². The molecule has 0 N–H and O–H groups in total. The summed E-state index contributed by atoms with van der Waals surface area (Å²) in [7, 11) is 1.60. The lowest BCUT2D eigenvalue weighted by Gasteiger charge is -2.03. The van der Waals surface area contributed by atoms with E-state index in [0.717, 1.165) is 17.0 Å². The Balaban J connectivity index is 1.73. The van der Waals surface area contributed by atoms with Gasteiger partial charge in [0.15, 0.2) is 5.65 Å². The molecule has 26 heavy (non-hydrogen) atoms. The second kappa shape index (κ2) is 6.64. The fourth-order valence-corrected chi connectivity index (χ4v) is 2.59. The van der Waals surface area contributed by atoms with Crippen molar-refractivity contribution in [2.45, 2.75) is 0 Å². The van der Waals surface area contributed by atoms with Gasteiger partial charge in [0, 0.05) is 0 Å². The van der Waals surface area contributed by atoms with Crippen molar-refractivity contribution in [2.24, 2.45) is 5.10 Å². The Morgan fingerprint density at radius 2 is 1.96 bits per heavy atom. The number of methoxy groups -OCH3 is 1. The van der Waals surface area contributed by atoms with E-state index >= 15 is 0 Å². The molecule has 0 amide bonds. The van der Waals surface area contributed by atoms with Crippen molar-refractivity contribution in [3.8, 4) is 11.4 Å². The first-order chi connectivity index (χ1) is 12.8. The van der Waals surface area contributed by atoms with Gasteiger partial charge < -0.3 is 4.74 Å². The average Bonchev–Trinajstić information content (AvgIpc) is 3.13. The van der Waals surface area contributed by atoms with Gasteiger partial charge in [-0.25, -0.2) is 9.67 Å². The van der Waals surface area contributed by atoms with Gasteiger partial charge in [-0.05, 0) is 29.8 Å². The summed E-state index contributed by atoms with van der Waals surface area (Å²) in [5.74, 6) is 0.721. The molecule has 4 aromatic rings. The van der Waals surface area contributed by atoms with Crippen molar-refractivity contribution in [3.63, 3.8) is 0 Å². The standard InChI is InChI=1S/C19H15N5O2/c1-26-16-9-5-6-14(10-16)11-21-23-13-20-18-17(19(23)25)12-22-24(18)15-7-3-2-4-8-15/h2-13H,1H3/b21-11-. The quantitative estimate of drug-likeness (QED) is 0.533. The van der Waals surface area contributed by atoms with Gasteiger partial charge in [0.05, 0.1) is 25.2 Å². The largest absolute Gasteiger partial charge is 0.497 e. The number of nitrogens with zero attached hydrogens (tertiary/aromatic N) is 5. The molecule has 0 radical (unpaired) electrons. The van der Waals surface area contributed by atoms with Crippen molar-refractivity contribution in [1.29, 1.82) is 0 Å². The molecule has 0 aliphatic heterocycles. The van der Waals surface area contributed by atoms with Crippen molar-refractivity contribution in [2.75, 3.05) is 7.11 Å². The first kappa shape index (κ1) is 15.8. The van der Waals surface area contributed by atoms with Gasteiger partial charge in [-0.2, -0.15) is 14.9 Å². The highest BCUT2D eigenvalue weighted by molar-refractivity contribution is 5.80. The highest BCUT2D eigenvalue weighted by Gasteiger charge is 2.10. The minimum Gasteiger partial charge on any atom is -0.497 e. The molecular weight excluding hydrogens is 330 g/mol. The average molecular weight is 345 g/mol. The summed E-state index contributed by atoms with van der Waals surface area (Å²) < 4.78 is 8.00. The molecule has 0 aliphatic carbocycles.